The predicted octanol–water partition coefficient (Wildman–Crippen LogP) is -2.06. The van der Waals surface area contributed by atoms with E-state index in [0.717, 1.165) is 0 Å². The second-order valence-corrected chi connectivity index (χ2v) is 5.40. The van der Waals surface area contributed by atoms with Gasteiger partial charge in [-0.1, -0.05) is 12.1 Å². The molecule has 0 aliphatic carbocycles. The lowest BCUT2D eigenvalue weighted by atomic mass is 9.99. The van der Waals surface area contributed by atoms with Gasteiger partial charge in [-0.15, -0.1) is 0 Å². The van der Waals surface area contributed by atoms with Crippen LogP contribution in [0.5, 0.6) is 5.75 Å². The van der Waals surface area contributed by atoms with E-state index < -0.39 is 49.5 Å². The fourth-order valence-electron chi connectivity index (χ4n) is 2.50. The van der Waals surface area contributed by atoms with Gasteiger partial charge in [0.25, 0.3) is 6.29 Å². The molecule has 1 saturated heterocycles. The van der Waals surface area contributed by atoms with Crippen molar-refractivity contribution in [2.45, 2.75) is 37.0 Å². The molecule has 10 nitrogen and oxygen atoms in total. The summed E-state index contributed by atoms with van der Waals surface area (Å²) in [7, 11) is 0. The number of para-hydroxylation sites is 2. The minimum atomic E-state index is -1.69. The minimum absolute atomic E-state index is 0.121. The number of anilines is 1. The summed E-state index contributed by atoms with van der Waals surface area (Å²) in [5.74, 6) is -0.806. The first-order valence-electron chi connectivity index (χ1n) is 7.18. The molecule has 0 unspecified atom stereocenters. The molecule has 6 atom stereocenters. The molecule has 1 aromatic carbocycles. The minimum Gasteiger partial charge on any atom is -0.453 e. The summed E-state index contributed by atoms with van der Waals surface area (Å²) in [6.45, 7) is -0.640. The molecule has 1 aromatic rings. The van der Waals surface area contributed by atoms with Crippen LogP contribution in [0.15, 0.2) is 24.3 Å². The third kappa shape index (κ3) is 2.84. The van der Waals surface area contributed by atoms with Crippen LogP contribution >= 0.6 is 0 Å². The van der Waals surface area contributed by atoms with Gasteiger partial charge >= 0.3 is 5.91 Å². The first kappa shape index (κ1) is 17.0. The lowest BCUT2D eigenvalue weighted by Gasteiger charge is -2.41. The molecule has 1 amide bonds. The number of amides is 1. The summed E-state index contributed by atoms with van der Waals surface area (Å²) >= 11 is 0. The zero-order chi connectivity index (χ0) is 17.4. The van der Waals surface area contributed by atoms with Crippen LogP contribution in [0.1, 0.15) is 0 Å². The molecule has 0 aromatic heterocycles. The molecule has 1 fully saturated rings. The number of fused-ring (bicyclic) bond motifs is 1. The van der Waals surface area contributed by atoms with Gasteiger partial charge < -0.3 is 34.6 Å². The average Bonchev–Trinajstić information content (AvgIpc) is 2.59. The Morgan fingerprint density at radius 1 is 1.12 bits per heavy atom. The van der Waals surface area contributed by atoms with E-state index in [2.05, 4.69) is 0 Å². The maximum Gasteiger partial charge on any atom is 0.320 e. The molecule has 2 aliphatic heterocycles. The number of carbonyl (C=O) groups excluding carboxylic acids is 1. The standard InChI is InChI=1S/C14H17NO9/c16-5-8-9(17)10(18)11(19)13(23-8)24-14-12(20)15(21)6-3-1-2-4-7(6)22-14/h1-4,8-11,13-14,16-19,21H,5H2/t8-,9-,10+,11-,13+,14-/m0/s1. The van der Waals surface area contributed by atoms with Gasteiger partial charge in [-0.3, -0.25) is 10.0 Å². The quantitative estimate of drug-likeness (QED) is 0.391. The summed E-state index contributed by atoms with van der Waals surface area (Å²) < 4.78 is 15.7. The zero-order valence-corrected chi connectivity index (χ0v) is 12.3. The van der Waals surface area contributed by atoms with Crippen LogP contribution < -0.4 is 9.80 Å². The summed E-state index contributed by atoms with van der Waals surface area (Å²) in [5, 5.41) is 48.7. The van der Waals surface area contributed by atoms with Crippen molar-refractivity contribution in [1.29, 1.82) is 0 Å². The van der Waals surface area contributed by atoms with Gasteiger partial charge in [-0.2, -0.15) is 5.06 Å². The molecule has 0 saturated carbocycles. The highest BCUT2D eigenvalue weighted by molar-refractivity contribution is 5.97. The molecule has 10 heteroatoms. The maximum atomic E-state index is 12.1. The molecular weight excluding hydrogens is 326 g/mol. The fourth-order valence-corrected chi connectivity index (χ4v) is 2.50. The van der Waals surface area contributed by atoms with E-state index in [9.17, 15) is 25.3 Å². The van der Waals surface area contributed by atoms with E-state index in [1.807, 2.05) is 0 Å². The number of rotatable bonds is 3. The Balaban J connectivity index is 1.77. The van der Waals surface area contributed by atoms with Crippen LogP contribution in [-0.2, 0) is 14.3 Å². The Hall–Kier alpha value is -1.79. The lowest BCUT2D eigenvalue weighted by molar-refractivity contribution is -0.323. The molecule has 2 heterocycles. The third-order valence-electron chi connectivity index (χ3n) is 3.84. The van der Waals surface area contributed by atoms with Gasteiger partial charge in [0.2, 0.25) is 0 Å². The van der Waals surface area contributed by atoms with Gasteiger partial charge in [0.15, 0.2) is 6.29 Å². The normalized spacial score (nSPS) is 36.2. The highest BCUT2D eigenvalue weighted by atomic mass is 16.8. The highest BCUT2D eigenvalue weighted by Crippen LogP contribution is 2.34. The number of hydroxylamine groups is 1. The predicted molar refractivity (Wildman–Crippen MR) is 75.0 cm³/mol. The Morgan fingerprint density at radius 3 is 2.54 bits per heavy atom. The first-order chi connectivity index (χ1) is 11.4. The molecule has 2 aliphatic rings. The molecule has 0 bridgehead atoms. The number of hydrogen-bond donors (Lipinski definition) is 5. The smallest absolute Gasteiger partial charge is 0.320 e. The van der Waals surface area contributed by atoms with E-state index in [0.29, 0.717) is 5.06 Å². The summed E-state index contributed by atoms with van der Waals surface area (Å²) in [6, 6.07) is 6.16. The number of aliphatic hydroxyl groups is 4. The van der Waals surface area contributed by atoms with Crippen molar-refractivity contribution in [1.82, 2.24) is 0 Å². The summed E-state index contributed by atoms with van der Waals surface area (Å²) in [4.78, 5) is 12.1. The largest absolute Gasteiger partial charge is 0.453 e. The van der Waals surface area contributed by atoms with Crippen LogP contribution in [0.4, 0.5) is 5.69 Å². The van der Waals surface area contributed by atoms with Crippen molar-refractivity contribution in [2.24, 2.45) is 0 Å². The second-order valence-electron chi connectivity index (χ2n) is 5.40. The number of carbonyl (C=O) groups is 1. The molecule has 24 heavy (non-hydrogen) atoms. The number of aliphatic hydroxyl groups excluding tert-OH is 4. The van der Waals surface area contributed by atoms with Crippen molar-refractivity contribution >= 4 is 11.6 Å². The number of hydrogen-bond acceptors (Lipinski definition) is 9. The van der Waals surface area contributed by atoms with Crippen LogP contribution in [0.2, 0.25) is 0 Å². The van der Waals surface area contributed by atoms with E-state index >= 15 is 0 Å². The van der Waals surface area contributed by atoms with Crippen molar-refractivity contribution in [3.8, 4) is 5.75 Å². The van der Waals surface area contributed by atoms with Crippen LogP contribution in [0.3, 0.4) is 0 Å². The Labute approximate surface area is 136 Å². The van der Waals surface area contributed by atoms with E-state index in [1.54, 1.807) is 12.1 Å². The topological polar surface area (TPSA) is 149 Å². The average molecular weight is 343 g/mol. The van der Waals surface area contributed by atoms with Crippen molar-refractivity contribution in [3.05, 3.63) is 24.3 Å². The number of benzene rings is 1. The van der Waals surface area contributed by atoms with Gasteiger partial charge in [0.05, 0.1) is 6.61 Å². The van der Waals surface area contributed by atoms with Gasteiger partial charge in [-0.25, -0.2) is 0 Å². The Bertz CT molecular complexity index is 610. The first-order valence-corrected chi connectivity index (χ1v) is 7.18. The fraction of sp³-hybridized carbons (Fsp3) is 0.500. The second kappa shape index (κ2) is 6.61. The molecule has 3 rings (SSSR count). The monoisotopic (exact) mass is 343 g/mol. The van der Waals surface area contributed by atoms with Crippen molar-refractivity contribution in [2.75, 3.05) is 11.7 Å². The SMILES string of the molecule is O=C1[C@H](O[C@H]2O[C@@H](CO)[C@H](O)[C@@H](O)[C@@H]2O)Oc2ccccc2N1O. The van der Waals surface area contributed by atoms with Gasteiger partial charge in [-0.05, 0) is 12.1 Å². The summed E-state index contributed by atoms with van der Waals surface area (Å²) in [6.07, 6.45) is -9.30. The van der Waals surface area contributed by atoms with Crippen molar-refractivity contribution < 1.29 is 44.6 Å². The van der Waals surface area contributed by atoms with Crippen LogP contribution in [0.25, 0.3) is 0 Å². The Morgan fingerprint density at radius 2 is 1.83 bits per heavy atom. The van der Waals surface area contributed by atoms with E-state index in [-0.39, 0.29) is 11.4 Å². The molecule has 0 spiro atoms. The summed E-state index contributed by atoms with van der Waals surface area (Å²) in [5.41, 5.74) is 0.121. The molecule has 132 valence electrons. The van der Waals surface area contributed by atoms with E-state index in [1.165, 1.54) is 12.1 Å². The van der Waals surface area contributed by atoms with Gasteiger partial charge in [0.1, 0.15) is 35.9 Å². The highest BCUT2D eigenvalue weighted by Gasteiger charge is 2.47. The Kier molecular flexibility index (Phi) is 4.69. The molecule has 5 N–H and O–H groups in total. The lowest BCUT2D eigenvalue weighted by Crippen LogP contribution is -2.61. The van der Waals surface area contributed by atoms with Crippen LogP contribution in [0, 0.1) is 0 Å². The number of nitrogens with zero attached hydrogens (tertiary/aromatic N) is 1. The molecule has 0 radical (unpaired) electrons. The van der Waals surface area contributed by atoms with Crippen LogP contribution in [-0.4, -0.2) is 75.1 Å². The third-order valence-corrected chi connectivity index (χ3v) is 3.84. The van der Waals surface area contributed by atoms with Gasteiger partial charge in [0, 0.05) is 0 Å². The van der Waals surface area contributed by atoms with E-state index in [4.69, 9.17) is 19.3 Å². The molecular formula is C14H17NO9. The number of ether oxygens (including phenoxy) is 3. The maximum absolute atomic E-state index is 12.1. The zero-order valence-electron chi connectivity index (χ0n) is 12.3. The van der Waals surface area contributed by atoms with Crippen molar-refractivity contribution in [3.63, 3.8) is 0 Å².